The van der Waals surface area contributed by atoms with E-state index in [4.69, 9.17) is 9.15 Å². The van der Waals surface area contributed by atoms with E-state index in [0.717, 1.165) is 24.8 Å². The number of nitrogens with one attached hydrogen (secondary N) is 1. The van der Waals surface area contributed by atoms with Crippen molar-refractivity contribution in [1.29, 1.82) is 0 Å². The van der Waals surface area contributed by atoms with Crippen LogP contribution in [0.1, 0.15) is 31.1 Å². The number of carbonyl (C=O) groups excluding carboxylic acids is 1. The van der Waals surface area contributed by atoms with Gasteiger partial charge >= 0.3 is 0 Å². The molecule has 1 atom stereocenters. The van der Waals surface area contributed by atoms with Crippen LogP contribution in [0.15, 0.2) is 53.3 Å². The van der Waals surface area contributed by atoms with Crippen LogP contribution in [-0.4, -0.2) is 47.8 Å². The summed E-state index contributed by atoms with van der Waals surface area (Å²) in [6, 6.07) is 7.84. The first-order valence-electron chi connectivity index (χ1n) is 10.5. The summed E-state index contributed by atoms with van der Waals surface area (Å²) in [6.45, 7) is 6.52. The van der Waals surface area contributed by atoms with Crippen molar-refractivity contribution in [3.05, 3.63) is 60.2 Å². The molecular weight excluding hydrogens is 398 g/mol. The van der Waals surface area contributed by atoms with Gasteiger partial charge in [0.15, 0.2) is 0 Å². The highest BCUT2D eigenvalue weighted by atomic mass is 32.2. The SMILES string of the molecule is CC1CCCN(Cc2ccnc(OC/C=C/CNC(=O)CSCc3ccco3)c2)C1. The van der Waals surface area contributed by atoms with E-state index in [2.05, 4.69) is 28.2 Å². The van der Waals surface area contributed by atoms with E-state index >= 15 is 0 Å². The molecule has 2 aromatic rings. The summed E-state index contributed by atoms with van der Waals surface area (Å²) in [5, 5.41) is 2.87. The second-order valence-electron chi connectivity index (χ2n) is 7.64. The molecular formula is C23H31N3O3S. The van der Waals surface area contributed by atoms with E-state index in [1.165, 1.54) is 36.7 Å². The number of aromatic nitrogens is 1. The van der Waals surface area contributed by atoms with Crippen molar-refractivity contribution in [3.63, 3.8) is 0 Å². The van der Waals surface area contributed by atoms with Crippen molar-refractivity contribution in [3.8, 4) is 5.88 Å². The zero-order valence-corrected chi connectivity index (χ0v) is 18.4. The zero-order valence-electron chi connectivity index (χ0n) is 17.6. The lowest BCUT2D eigenvalue weighted by molar-refractivity contribution is -0.118. The maximum Gasteiger partial charge on any atom is 0.230 e. The van der Waals surface area contributed by atoms with E-state index in [9.17, 15) is 4.79 Å². The van der Waals surface area contributed by atoms with Gasteiger partial charge in [-0.25, -0.2) is 4.98 Å². The fourth-order valence-electron chi connectivity index (χ4n) is 3.46. The van der Waals surface area contributed by atoms with Gasteiger partial charge in [-0.2, -0.15) is 0 Å². The average Bonchev–Trinajstić information content (AvgIpc) is 3.24. The molecule has 6 nitrogen and oxygen atoms in total. The van der Waals surface area contributed by atoms with Crippen LogP contribution < -0.4 is 10.1 Å². The third kappa shape index (κ3) is 8.24. The number of ether oxygens (including phenoxy) is 1. The Bertz CT molecular complexity index is 795. The molecule has 0 radical (unpaired) electrons. The fourth-order valence-corrected chi connectivity index (χ4v) is 4.22. The first-order chi connectivity index (χ1) is 14.7. The van der Waals surface area contributed by atoms with E-state index in [-0.39, 0.29) is 5.91 Å². The molecule has 0 aliphatic carbocycles. The molecule has 1 aliphatic heterocycles. The first-order valence-corrected chi connectivity index (χ1v) is 11.7. The minimum Gasteiger partial charge on any atom is -0.473 e. The van der Waals surface area contributed by atoms with Crippen LogP contribution in [0, 0.1) is 5.92 Å². The topological polar surface area (TPSA) is 67.6 Å². The maximum atomic E-state index is 11.8. The van der Waals surface area contributed by atoms with Gasteiger partial charge in [-0.3, -0.25) is 9.69 Å². The van der Waals surface area contributed by atoms with Crippen molar-refractivity contribution in [2.75, 3.05) is 32.0 Å². The number of nitrogens with zero attached hydrogens (tertiary/aromatic N) is 2. The lowest BCUT2D eigenvalue weighted by Crippen LogP contribution is -2.33. The molecule has 1 unspecified atom stereocenters. The summed E-state index contributed by atoms with van der Waals surface area (Å²) < 4.78 is 11.0. The number of carbonyl (C=O) groups is 1. The predicted octanol–water partition coefficient (Wildman–Crippen LogP) is 3.89. The second-order valence-corrected chi connectivity index (χ2v) is 8.63. The summed E-state index contributed by atoms with van der Waals surface area (Å²) in [7, 11) is 0. The molecule has 1 N–H and O–H groups in total. The van der Waals surface area contributed by atoms with Crippen LogP contribution in [-0.2, 0) is 17.1 Å². The molecule has 3 rings (SSSR count). The number of pyridine rings is 1. The van der Waals surface area contributed by atoms with Gasteiger partial charge < -0.3 is 14.5 Å². The van der Waals surface area contributed by atoms with Gasteiger partial charge in [-0.15, -0.1) is 11.8 Å². The van der Waals surface area contributed by atoms with E-state index < -0.39 is 0 Å². The summed E-state index contributed by atoms with van der Waals surface area (Å²) >= 11 is 1.53. The van der Waals surface area contributed by atoms with E-state index in [0.29, 0.717) is 30.5 Å². The smallest absolute Gasteiger partial charge is 0.230 e. The number of likely N-dealkylation sites (tertiary alicyclic amines) is 1. The molecule has 0 spiro atoms. The molecule has 30 heavy (non-hydrogen) atoms. The number of amides is 1. The van der Waals surface area contributed by atoms with Gasteiger partial charge in [0.05, 0.1) is 17.8 Å². The molecule has 0 bridgehead atoms. The van der Waals surface area contributed by atoms with Crippen LogP contribution in [0.2, 0.25) is 0 Å². The standard InChI is InChI=1S/C23H31N3O3S/c1-19-6-4-11-26(15-19)16-20-8-10-25-23(14-20)29-12-3-2-9-24-22(27)18-30-17-21-7-5-13-28-21/h2-3,5,7-8,10,13-14,19H,4,6,9,11-12,15-18H2,1H3,(H,24,27)/b3-2+. The predicted molar refractivity (Wildman–Crippen MR) is 120 cm³/mol. The lowest BCUT2D eigenvalue weighted by atomic mass is 10.00. The van der Waals surface area contributed by atoms with E-state index in [1.54, 1.807) is 6.26 Å². The number of hydrogen-bond donors (Lipinski definition) is 1. The Morgan fingerprint density at radius 3 is 3.20 bits per heavy atom. The Balaban J connectivity index is 1.29. The van der Waals surface area contributed by atoms with Crippen LogP contribution in [0.5, 0.6) is 5.88 Å². The number of furan rings is 1. The van der Waals surface area contributed by atoms with Crippen molar-refractivity contribution < 1.29 is 13.9 Å². The highest BCUT2D eigenvalue weighted by Gasteiger charge is 2.16. The summed E-state index contributed by atoms with van der Waals surface area (Å²) in [4.78, 5) is 18.6. The van der Waals surface area contributed by atoms with Gasteiger partial charge in [0, 0.05) is 31.9 Å². The molecule has 7 heteroatoms. The highest BCUT2D eigenvalue weighted by molar-refractivity contribution is 7.99. The summed E-state index contributed by atoms with van der Waals surface area (Å²) in [5.41, 5.74) is 1.23. The average molecular weight is 430 g/mol. The van der Waals surface area contributed by atoms with Gasteiger partial charge in [-0.1, -0.05) is 13.0 Å². The van der Waals surface area contributed by atoms with Crippen LogP contribution in [0.25, 0.3) is 0 Å². The largest absolute Gasteiger partial charge is 0.473 e. The number of thioether (sulfide) groups is 1. The molecule has 0 saturated carbocycles. The monoisotopic (exact) mass is 429 g/mol. The fraction of sp³-hybridized carbons (Fsp3) is 0.478. The molecule has 0 aromatic carbocycles. The Hall–Kier alpha value is -2.25. The molecule has 2 aromatic heterocycles. The van der Waals surface area contributed by atoms with Crippen molar-refractivity contribution in [1.82, 2.24) is 15.2 Å². The normalized spacial score (nSPS) is 17.3. The molecule has 3 heterocycles. The van der Waals surface area contributed by atoms with Crippen molar-refractivity contribution in [2.24, 2.45) is 5.92 Å². The second kappa shape index (κ2) is 12.4. The zero-order chi connectivity index (χ0) is 21.0. The quantitative estimate of drug-likeness (QED) is 0.547. The van der Waals surface area contributed by atoms with Gasteiger partial charge in [0.2, 0.25) is 11.8 Å². The maximum absolute atomic E-state index is 11.8. The third-order valence-corrected chi connectivity index (χ3v) is 5.87. The van der Waals surface area contributed by atoms with Gasteiger partial charge in [0.25, 0.3) is 0 Å². The first kappa shape index (κ1) is 22.4. The number of piperidine rings is 1. The number of rotatable bonds is 11. The minimum absolute atomic E-state index is 0.0125. The molecule has 1 amide bonds. The third-order valence-electron chi connectivity index (χ3n) is 4.92. The molecule has 1 aliphatic rings. The minimum atomic E-state index is 0.0125. The molecule has 1 fully saturated rings. The Morgan fingerprint density at radius 1 is 1.43 bits per heavy atom. The van der Waals surface area contributed by atoms with Crippen molar-refractivity contribution in [2.45, 2.75) is 32.1 Å². The van der Waals surface area contributed by atoms with Crippen LogP contribution >= 0.6 is 11.8 Å². The molecule has 1 saturated heterocycles. The lowest BCUT2D eigenvalue weighted by Gasteiger charge is -2.30. The summed E-state index contributed by atoms with van der Waals surface area (Å²) in [6.07, 6.45) is 9.86. The van der Waals surface area contributed by atoms with Crippen LogP contribution in [0.4, 0.5) is 0 Å². The van der Waals surface area contributed by atoms with Crippen LogP contribution in [0.3, 0.4) is 0 Å². The van der Waals surface area contributed by atoms with Gasteiger partial charge in [-0.05, 0) is 55.1 Å². The van der Waals surface area contributed by atoms with Gasteiger partial charge in [0.1, 0.15) is 12.4 Å². The summed E-state index contributed by atoms with van der Waals surface area (Å²) in [5.74, 6) is 3.42. The Labute approximate surface area is 183 Å². The highest BCUT2D eigenvalue weighted by Crippen LogP contribution is 2.19. The van der Waals surface area contributed by atoms with Crippen molar-refractivity contribution >= 4 is 17.7 Å². The Kier molecular flexibility index (Phi) is 9.31. The molecule has 162 valence electrons. The Morgan fingerprint density at radius 2 is 2.37 bits per heavy atom. The van der Waals surface area contributed by atoms with E-state index in [1.807, 2.05) is 36.5 Å². The number of hydrogen-bond acceptors (Lipinski definition) is 6.